The average Bonchev–Trinajstić information content (AvgIpc) is 3.76. The van der Waals surface area contributed by atoms with E-state index in [-0.39, 0.29) is 22.9 Å². The summed E-state index contributed by atoms with van der Waals surface area (Å²) in [5.74, 6) is -1.06. The van der Waals surface area contributed by atoms with E-state index in [0.717, 1.165) is 69.8 Å². The van der Waals surface area contributed by atoms with Crippen LogP contribution in [0.15, 0.2) is 36.4 Å². The molecule has 0 aromatic heterocycles. The van der Waals surface area contributed by atoms with Gasteiger partial charge >= 0.3 is 6.18 Å². The first-order valence-electron chi connectivity index (χ1n) is 16.6. The molecule has 4 aliphatic rings. The second kappa shape index (κ2) is 13.2. The second-order valence-electron chi connectivity index (χ2n) is 13.8. The summed E-state index contributed by atoms with van der Waals surface area (Å²) >= 11 is 6.07. The predicted octanol–water partition coefficient (Wildman–Crippen LogP) is 8.81. The van der Waals surface area contributed by atoms with Crippen LogP contribution in [0.4, 0.5) is 17.6 Å². The number of hydrogen-bond donors (Lipinski definition) is 3. The molecule has 2 aliphatic heterocycles. The van der Waals surface area contributed by atoms with Gasteiger partial charge in [0.2, 0.25) is 0 Å². The highest BCUT2D eigenvalue weighted by molar-refractivity contribution is 6.30. The van der Waals surface area contributed by atoms with Crippen LogP contribution >= 0.6 is 11.6 Å². The number of amidine groups is 1. The van der Waals surface area contributed by atoms with Crippen molar-refractivity contribution < 1.29 is 22.4 Å². The molecule has 2 heterocycles. The molecule has 5 nitrogen and oxygen atoms in total. The maximum absolute atomic E-state index is 14.8. The summed E-state index contributed by atoms with van der Waals surface area (Å²) in [4.78, 5) is 15.8. The van der Waals surface area contributed by atoms with Gasteiger partial charge in [0.15, 0.2) is 0 Å². The topological polar surface area (TPSA) is 68.2 Å². The van der Waals surface area contributed by atoms with Gasteiger partial charge in [-0.3, -0.25) is 10.2 Å². The van der Waals surface area contributed by atoms with Gasteiger partial charge in [0.05, 0.1) is 16.9 Å². The van der Waals surface area contributed by atoms with Crippen molar-refractivity contribution in [1.29, 1.82) is 5.41 Å². The maximum atomic E-state index is 14.8. The Morgan fingerprint density at radius 3 is 2.40 bits per heavy atom. The van der Waals surface area contributed by atoms with Gasteiger partial charge < -0.3 is 15.5 Å². The van der Waals surface area contributed by atoms with E-state index >= 15 is 0 Å². The maximum Gasteiger partial charge on any atom is 0.404 e. The molecule has 2 aliphatic carbocycles. The first kappa shape index (κ1) is 32.3. The number of hydrogen-bond acceptors (Lipinski definition) is 3. The first-order chi connectivity index (χ1) is 21.5. The molecule has 3 N–H and O–H groups in total. The minimum Gasteiger partial charge on any atom is -0.356 e. The molecule has 2 saturated heterocycles. The SMILES string of the molecule is N=C1CCCN1Cc1cc(C(=O)N[C@H](c2ccc(F)c(Cl)c2)C2CC2)cc(C2CCC3(CCCCCCC3)NC2C(F)(F)F)c1. The zero-order valence-corrected chi connectivity index (χ0v) is 26.4. The Morgan fingerprint density at radius 2 is 1.76 bits per heavy atom. The van der Waals surface area contributed by atoms with Crippen LogP contribution < -0.4 is 10.6 Å². The number of halogens is 5. The van der Waals surface area contributed by atoms with Crippen molar-refractivity contribution in [2.75, 3.05) is 6.54 Å². The van der Waals surface area contributed by atoms with Crippen LogP contribution in [0.5, 0.6) is 0 Å². The van der Waals surface area contributed by atoms with Crippen molar-refractivity contribution in [2.24, 2.45) is 5.92 Å². The molecule has 10 heteroatoms. The number of amides is 1. The zero-order chi connectivity index (χ0) is 31.8. The molecule has 6 rings (SSSR count). The fraction of sp³-hybridized carbons (Fsp3) is 0.600. The van der Waals surface area contributed by atoms with Crippen LogP contribution in [0.25, 0.3) is 0 Å². The van der Waals surface area contributed by atoms with Gasteiger partial charge in [0.1, 0.15) is 11.9 Å². The summed E-state index contributed by atoms with van der Waals surface area (Å²) in [7, 11) is 0. The lowest BCUT2D eigenvalue weighted by atomic mass is 9.71. The van der Waals surface area contributed by atoms with Crippen molar-refractivity contribution in [3.05, 3.63) is 69.5 Å². The van der Waals surface area contributed by atoms with Crippen LogP contribution in [-0.4, -0.2) is 40.9 Å². The molecule has 0 bridgehead atoms. The third-order valence-corrected chi connectivity index (χ3v) is 10.7. The quantitative estimate of drug-likeness (QED) is 0.263. The molecule has 1 spiro atoms. The Kier molecular flexibility index (Phi) is 9.49. The summed E-state index contributed by atoms with van der Waals surface area (Å²) in [5.41, 5.74) is 1.74. The van der Waals surface area contributed by atoms with Crippen LogP contribution in [0.1, 0.15) is 122 Å². The first-order valence-corrected chi connectivity index (χ1v) is 17.0. The van der Waals surface area contributed by atoms with E-state index in [1.165, 1.54) is 12.1 Å². The lowest BCUT2D eigenvalue weighted by Gasteiger charge is -2.48. The molecule has 0 radical (unpaired) electrons. The Morgan fingerprint density at radius 1 is 1.02 bits per heavy atom. The molecular weight excluding hydrogens is 604 g/mol. The summed E-state index contributed by atoms with van der Waals surface area (Å²) in [6.07, 6.45) is 6.59. The van der Waals surface area contributed by atoms with Crippen molar-refractivity contribution in [2.45, 2.75) is 120 Å². The Balaban J connectivity index is 1.32. The van der Waals surface area contributed by atoms with E-state index in [4.69, 9.17) is 17.0 Å². The number of benzene rings is 2. The van der Waals surface area contributed by atoms with E-state index < -0.39 is 29.5 Å². The van der Waals surface area contributed by atoms with Crippen LogP contribution in [0.2, 0.25) is 5.02 Å². The van der Waals surface area contributed by atoms with E-state index in [9.17, 15) is 22.4 Å². The summed E-state index contributed by atoms with van der Waals surface area (Å²) in [6.45, 7) is 1.08. The molecule has 3 atom stereocenters. The van der Waals surface area contributed by atoms with Gasteiger partial charge in [0, 0.05) is 36.5 Å². The van der Waals surface area contributed by atoms with Crippen molar-refractivity contribution in [3.8, 4) is 0 Å². The highest BCUT2D eigenvalue weighted by Crippen LogP contribution is 2.46. The van der Waals surface area contributed by atoms with E-state index in [2.05, 4.69) is 10.6 Å². The molecule has 45 heavy (non-hydrogen) atoms. The number of nitrogens with zero attached hydrogens (tertiary/aromatic N) is 1. The molecule has 2 aromatic rings. The van der Waals surface area contributed by atoms with E-state index in [0.29, 0.717) is 54.9 Å². The normalized spacial score (nSPS) is 24.7. The predicted molar refractivity (Wildman–Crippen MR) is 168 cm³/mol. The van der Waals surface area contributed by atoms with Crippen LogP contribution in [-0.2, 0) is 6.54 Å². The number of nitrogens with one attached hydrogen (secondary N) is 3. The summed E-state index contributed by atoms with van der Waals surface area (Å²) < 4.78 is 58.4. The standard InChI is InChI=1S/C35H43ClF4N4O/c36-28-20-24(10-11-29(28)37)31(23-8-9-23)42-33(45)26-18-22(21-44-16-6-7-30(44)41)17-25(19-26)27-12-15-34(43-32(27)35(38,39)40)13-4-2-1-3-5-14-34/h10-11,17-20,23,27,31-32,41,43H,1-9,12-16,21H2,(H,42,45)/t27?,31-,32?/m0/s1. The van der Waals surface area contributed by atoms with Gasteiger partial charge in [0.25, 0.3) is 5.91 Å². The highest BCUT2D eigenvalue weighted by atomic mass is 35.5. The van der Waals surface area contributed by atoms with Gasteiger partial charge in [-0.2, -0.15) is 13.2 Å². The van der Waals surface area contributed by atoms with Gasteiger partial charge in [-0.15, -0.1) is 0 Å². The number of carbonyl (C=O) groups is 1. The fourth-order valence-electron chi connectivity index (χ4n) is 7.86. The van der Waals surface area contributed by atoms with Gasteiger partial charge in [-0.05, 0) is 91.8 Å². The van der Waals surface area contributed by atoms with E-state index in [1.807, 2.05) is 11.0 Å². The Bertz CT molecular complexity index is 1400. The number of rotatable bonds is 7. The van der Waals surface area contributed by atoms with Crippen LogP contribution in [0.3, 0.4) is 0 Å². The molecular formula is C35H43ClF4N4O. The Hall–Kier alpha value is -2.65. The highest BCUT2D eigenvalue weighted by Gasteiger charge is 2.52. The molecule has 1 amide bonds. The lowest BCUT2D eigenvalue weighted by molar-refractivity contribution is -0.174. The third kappa shape index (κ3) is 7.51. The van der Waals surface area contributed by atoms with Gasteiger partial charge in [-0.1, -0.05) is 55.8 Å². The number of carbonyl (C=O) groups excluding carboxylic acids is 1. The lowest BCUT2D eigenvalue weighted by Crippen LogP contribution is -2.61. The third-order valence-electron chi connectivity index (χ3n) is 10.4. The van der Waals surface area contributed by atoms with E-state index in [1.54, 1.807) is 18.2 Å². The fourth-order valence-corrected chi connectivity index (χ4v) is 8.05. The summed E-state index contributed by atoms with van der Waals surface area (Å²) in [5, 5.41) is 14.6. The Labute approximate surface area is 268 Å². The largest absolute Gasteiger partial charge is 0.404 e. The molecule has 244 valence electrons. The molecule has 2 saturated carbocycles. The monoisotopic (exact) mass is 646 g/mol. The average molecular weight is 647 g/mol. The zero-order valence-electron chi connectivity index (χ0n) is 25.6. The van der Waals surface area contributed by atoms with Crippen molar-refractivity contribution in [3.63, 3.8) is 0 Å². The number of likely N-dealkylation sites (tertiary alicyclic amines) is 1. The minimum absolute atomic E-state index is 0.0187. The van der Waals surface area contributed by atoms with Crippen molar-refractivity contribution in [1.82, 2.24) is 15.5 Å². The van der Waals surface area contributed by atoms with Crippen LogP contribution in [0, 0.1) is 17.1 Å². The van der Waals surface area contributed by atoms with Crippen molar-refractivity contribution >= 4 is 23.3 Å². The minimum atomic E-state index is -4.45. The smallest absolute Gasteiger partial charge is 0.356 e. The molecule has 2 aromatic carbocycles. The molecule has 4 fully saturated rings. The summed E-state index contributed by atoms with van der Waals surface area (Å²) in [6, 6.07) is 7.57. The number of piperidine rings is 1. The molecule has 2 unspecified atom stereocenters. The second-order valence-corrected chi connectivity index (χ2v) is 14.2. The number of alkyl halides is 3. The van der Waals surface area contributed by atoms with Gasteiger partial charge in [-0.25, -0.2) is 4.39 Å².